The van der Waals surface area contributed by atoms with E-state index >= 15 is 0 Å². The Bertz CT molecular complexity index is 746. The lowest BCUT2D eigenvalue weighted by Gasteiger charge is -2.28. The first-order chi connectivity index (χ1) is 12.1. The number of hydrogen-bond donors (Lipinski definition) is 0. The number of carbonyl (C=O) groups is 2. The van der Waals surface area contributed by atoms with Gasteiger partial charge in [0.15, 0.2) is 0 Å². The lowest BCUT2D eigenvalue weighted by molar-refractivity contribution is 0.0817. The second-order valence-electron chi connectivity index (χ2n) is 6.25. The molecule has 5 nitrogen and oxygen atoms in total. The van der Waals surface area contributed by atoms with Crippen LogP contribution < -0.4 is 9.80 Å². The van der Waals surface area contributed by atoms with Crippen molar-refractivity contribution in [3.8, 4) is 0 Å². The molecule has 0 aliphatic carbocycles. The van der Waals surface area contributed by atoms with Gasteiger partial charge in [0.1, 0.15) is 0 Å². The van der Waals surface area contributed by atoms with Crippen LogP contribution in [0.25, 0.3) is 0 Å². The first-order valence-electron chi connectivity index (χ1n) is 8.35. The second kappa shape index (κ2) is 7.49. The monoisotopic (exact) mass is 338 g/mol. The molecule has 0 amide bonds. The standard InChI is InChI=1S/C20H22N2O3/c1-21(2)17-7-3-15(4-8-17)19(23)20(24)16-5-9-18(10-6-16)22-11-13-25-14-12-22/h3-10H,11-14H2,1-2H3. The molecule has 3 rings (SSSR count). The Balaban J connectivity index is 1.72. The molecule has 0 bridgehead atoms. The highest BCUT2D eigenvalue weighted by atomic mass is 16.5. The average molecular weight is 338 g/mol. The molecule has 1 aliphatic heterocycles. The predicted octanol–water partition coefficient (Wildman–Crippen LogP) is 2.65. The lowest BCUT2D eigenvalue weighted by Crippen LogP contribution is -2.36. The molecule has 0 saturated carbocycles. The first-order valence-corrected chi connectivity index (χ1v) is 8.35. The lowest BCUT2D eigenvalue weighted by atomic mass is 10.0. The Morgan fingerprint density at radius 1 is 0.840 bits per heavy atom. The summed E-state index contributed by atoms with van der Waals surface area (Å²) in [5.41, 5.74) is 2.85. The van der Waals surface area contributed by atoms with Gasteiger partial charge in [-0.2, -0.15) is 0 Å². The van der Waals surface area contributed by atoms with E-state index in [1.807, 2.05) is 43.3 Å². The Morgan fingerprint density at radius 3 is 1.80 bits per heavy atom. The molecule has 5 heteroatoms. The summed E-state index contributed by atoms with van der Waals surface area (Å²) in [5.74, 6) is -0.962. The molecular formula is C20H22N2O3. The molecule has 2 aromatic carbocycles. The zero-order chi connectivity index (χ0) is 17.8. The molecule has 0 atom stereocenters. The van der Waals surface area contributed by atoms with E-state index in [1.165, 1.54) is 0 Å². The predicted molar refractivity (Wildman–Crippen MR) is 98.9 cm³/mol. The van der Waals surface area contributed by atoms with Crippen molar-refractivity contribution in [1.82, 2.24) is 0 Å². The third kappa shape index (κ3) is 3.88. The minimum absolute atomic E-state index is 0.410. The van der Waals surface area contributed by atoms with Gasteiger partial charge in [-0.3, -0.25) is 9.59 Å². The van der Waals surface area contributed by atoms with Gasteiger partial charge in [0, 0.05) is 49.7 Å². The molecule has 130 valence electrons. The molecule has 1 saturated heterocycles. The number of ketones is 2. The highest BCUT2D eigenvalue weighted by Gasteiger charge is 2.19. The van der Waals surface area contributed by atoms with Crippen molar-refractivity contribution in [1.29, 1.82) is 0 Å². The summed E-state index contributed by atoms with van der Waals surface area (Å²) in [4.78, 5) is 29.0. The van der Waals surface area contributed by atoms with Crippen molar-refractivity contribution in [2.45, 2.75) is 0 Å². The van der Waals surface area contributed by atoms with E-state index in [9.17, 15) is 9.59 Å². The molecule has 1 fully saturated rings. The van der Waals surface area contributed by atoms with Crippen molar-refractivity contribution in [2.24, 2.45) is 0 Å². The van der Waals surface area contributed by atoms with Crippen LogP contribution in [0.1, 0.15) is 20.7 Å². The van der Waals surface area contributed by atoms with E-state index in [0.29, 0.717) is 24.3 Å². The summed E-state index contributed by atoms with van der Waals surface area (Å²) >= 11 is 0. The van der Waals surface area contributed by atoms with Crippen LogP contribution in [0.4, 0.5) is 11.4 Å². The van der Waals surface area contributed by atoms with Crippen LogP contribution in [0, 0.1) is 0 Å². The van der Waals surface area contributed by atoms with Crippen LogP contribution in [0.15, 0.2) is 48.5 Å². The summed E-state index contributed by atoms with van der Waals surface area (Å²) in [5, 5.41) is 0. The number of carbonyl (C=O) groups excluding carboxylic acids is 2. The fourth-order valence-corrected chi connectivity index (χ4v) is 2.82. The summed E-state index contributed by atoms with van der Waals surface area (Å²) < 4.78 is 5.34. The number of rotatable bonds is 5. The molecule has 0 radical (unpaired) electrons. The summed E-state index contributed by atoms with van der Waals surface area (Å²) in [7, 11) is 3.86. The molecule has 0 spiro atoms. The van der Waals surface area contributed by atoms with Gasteiger partial charge < -0.3 is 14.5 Å². The Kier molecular flexibility index (Phi) is 5.14. The Hall–Kier alpha value is -2.66. The average Bonchev–Trinajstić information content (AvgIpc) is 2.67. The minimum atomic E-state index is -0.482. The summed E-state index contributed by atoms with van der Waals surface area (Å²) in [6, 6.07) is 14.3. The van der Waals surface area contributed by atoms with Crippen molar-refractivity contribution in [2.75, 3.05) is 50.2 Å². The molecule has 1 heterocycles. The van der Waals surface area contributed by atoms with Gasteiger partial charge in [-0.1, -0.05) is 0 Å². The minimum Gasteiger partial charge on any atom is -0.378 e. The number of nitrogens with zero attached hydrogens (tertiary/aromatic N) is 2. The molecule has 1 aliphatic rings. The van der Waals surface area contributed by atoms with Crippen molar-refractivity contribution < 1.29 is 14.3 Å². The van der Waals surface area contributed by atoms with Gasteiger partial charge in [-0.05, 0) is 48.5 Å². The number of Topliss-reactive ketones (excluding diaryl/α,β-unsaturated/α-hetero) is 2. The number of ether oxygens (including phenoxy) is 1. The number of benzene rings is 2. The van der Waals surface area contributed by atoms with E-state index in [0.717, 1.165) is 24.5 Å². The van der Waals surface area contributed by atoms with Crippen LogP contribution in [0.5, 0.6) is 0 Å². The van der Waals surface area contributed by atoms with Crippen LogP contribution in [0.2, 0.25) is 0 Å². The zero-order valence-corrected chi connectivity index (χ0v) is 14.6. The van der Waals surface area contributed by atoms with E-state index in [4.69, 9.17) is 4.74 Å². The van der Waals surface area contributed by atoms with Gasteiger partial charge in [-0.25, -0.2) is 0 Å². The van der Waals surface area contributed by atoms with E-state index in [1.54, 1.807) is 24.3 Å². The van der Waals surface area contributed by atoms with Gasteiger partial charge in [0.25, 0.3) is 0 Å². The van der Waals surface area contributed by atoms with Gasteiger partial charge >= 0.3 is 0 Å². The number of morpholine rings is 1. The molecule has 0 N–H and O–H groups in total. The normalized spacial score (nSPS) is 14.2. The smallest absolute Gasteiger partial charge is 0.233 e. The third-order valence-corrected chi connectivity index (χ3v) is 4.36. The third-order valence-electron chi connectivity index (χ3n) is 4.36. The van der Waals surface area contributed by atoms with Crippen LogP contribution >= 0.6 is 0 Å². The van der Waals surface area contributed by atoms with E-state index < -0.39 is 11.6 Å². The Morgan fingerprint density at radius 2 is 1.32 bits per heavy atom. The Labute approximate surface area is 147 Å². The van der Waals surface area contributed by atoms with Crippen molar-refractivity contribution >= 4 is 22.9 Å². The number of anilines is 2. The maximum atomic E-state index is 12.5. The SMILES string of the molecule is CN(C)c1ccc(C(=O)C(=O)c2ccc(N3CCOCC3)cc2)cc1. The topological polar surface area (TPSA) is 49.9 Å². The maximum Gasteiger partial charge on any atom is 0.233 e. The quantitative estimate of drug-likeness (QED) is 0.620. The van der Waals surface area contributed by atoms with E-state index in [2.05, 4.69) is 4.90 Å². The molecule has 25 heavy (non-hydrogen) atoms. The van der Waals surface area contributed by atoms with Crippen molar-refractivity contribution in [3.05, 3.63) is 59.7 Å². The largest absolute Gasteiger partial charge is 0.378 e. The molecule has 0 aromatic heterocycles. The molecule has 0 unspecified atom stereocenters. The second-order valence-corrected chi connectivity index (χ2v) is 6.25. The van der Waals surface area contributed by atoms with Crippen LogP contribution in [-0.2, 0) is 4.74 Å². The van der Waals surface area contributed by atoms with Crippen molar-refractivity contribution in [3.63, 3.8) is 0 Å². The van der Waals surface area contributed by atoms with Gasteiger partial charge in [0.2, 0.25) is 11.6 Å². The fraction of sp³-hybridized carbons (Fsp3) is 0.300. The van der Waals surface area contributed by atoms with Crippen LogP contribution in [0.3, 0.4) is 0 Å². The molecular weight excluding hydrogens is 316 g/mol. The summed E-state index contributed by atoms with van der Waals surface area (Å²) in [6.45, 7) is 3.10. The maximum absolute atomic E-state index is 12.5. The molecule has 2 aromatic rings. The zero-order valence-electron chi connectivity index (χ0n) is 14.6. The fourth-order valence-electron chi connectivity index (χ4n) is 2.82. The van der Waals surface area contributed by atoms with Gasteiger partial charge in [-0.15, -0.1) is 0 Å². The highest BCUT2D eigenvalue weighted by molar-refractivity contribution is 6.49. The number of hydrogen-bond acceptors (Lipinski definition) is 5. The van der Waals surface area contributed by atoms with Gasteiger partial charge in [0.05, 0.1) is 13.2 Å². The first kappa shape index (κ1) is 17.2. The highest BCUT2D eigenvalue weighted by Crippen LogP contribution is 2.19. The van der Waals surface area contributed by atoms with Crippen LogP contribution in [-0.4, -0.2) is 52.0 Å². The summed E-state index contributed by atoms with van der Waals surface area (Å²) in [6.07, 6.45) is 0. The van der Waals surface area contributed by atoms with E-state index in [-0.39, 0.29) is 0 Å².